The van der Waals surface area contributed by atoms with Gasteiger partial charge in [0.25, 0.3) is 17.4 Å². The van der Waals surface area contributed by atoms with Gasteiger partial charge in [-0.1, -0.05) is 30.3 Å². The van der Waals surface area contributed by atoms with Crippen LogP contribution >= 0.6 is 11.3 Å². The van der Waals surface area contributed by atoms with E-state index in [-0.39, 0.29) is 17.3 Å². The SMILES string of the molecule is CC(C)n1nc(C(=O)NNC(=O)c2cc3c(s2)-c2ccccc2OC3)c2ccccc2c1=O. The third kappa shape index (κ3) is 3.66. The molecule has 0 fully saturated rings. The third-order valence-corrected chi connectivity index (χ3v) is 6.58. The summed E-state index contributed by atoms with van der Waals surface area (Å²) >= 11 is 1.34. The highest BCUT2D eigenvalue weighted by molar-refractivity contribution is 7.17. The number of nitrogens with one attached hydrogen (secondary N) is 2. The van der Waals surface area contributed by atoms with Crippen LogP contribution in [0.2, 0.25) is 0 Å². The quantitative estimate of drug-likeness (QED) is 0.454. The van der Waals surface area contributed by atoms with E-state index in [2.05, 4.69) is 16.0 Å². The second-order valence-corrected chi connectivity index (χ2v) is 8.95. The first-order valence-corrected chi connectivity index (χ1v) is 11.2. The average molecular weight is 461 g/mol. The van der Waals surface area contributed by atoms with E-state index in [4.69, 9.17) is 4.74 Å². The smallest absolute Gasteiger partial charge is 0.290 e. The number of amides is 2. The normalized spacial score (nSPS) is 12.1. The van der Waals surface area contributed by atoms with Gasteiger partial charge in [0.1, 0.15) is 12.4 Å². The Balaban J connectivity index is 1.39. The van der Waals surface area contributed by atoms with Crippen molar-refractivity contribution in [3.05, 3.63) is 81.1 Å². The Hall–Kier alpha value is -3.98. The largest absolute Gasteiger partial charge is 0.488 e. The molecule has 4 aromatic rings. The monoisotopic (exact) mass is 460 g/mol. The molecule has 5 rings (SSSR count). The lowest BCUT2D eigenvalue weighted by Gasteiger charge is -2.16. The van der Waals surface area contributed by atoms with Crippen molar-refractivity contribution >= 4 is 33.9 Å². The van der Waals surface area contributed by atoms with Crippen LogP contribution in [0.25, 0.3) is 21.2 Å². The molecule has 1 aliphatic heterocycles. The second kappa shape index (κ2) is 8.18. The van der Waals surface area contributed by atoms with Crippen LogP contribution < -0.4 is 21.1 Å². The minimum absolute atomic E-state index is 0.0620. The zero-order valence-corrected chi connectivity index (χ0v) is 18.7. The van der Waals surface area contributed by atoms with Crippen molar-refractivity contribution in [2.45, 2.75) is 26.5 Å². The Kier molecular flexibility index (Phi) is 5.18. The maximum absolute atomic E-state index is 12.9. The van der Waals surface area contributed by atoms with Gasteiger partial charge in [-0.15, -0.1) is 11.3 Å². The average Bonchev–Trinajstić information content (AvgIpc) is 3.28. The van der Waals surface area contributed by atoms with Crippen LogP contribution in [0.5, 0.6) is 5.75 Å². The van der Waals surface area contributed by atoms with Gasteiger partial charge in [-0.05, 0) is 38.1 Å². The molecule has 0 unspecified atom stereocenters. The molecule has 0 spiro atoms. The van der Waals surface area contributed by atoms with E-state index in [9.17, 15) is 14.4 Å². The Morgan fingerprint density at radius 1 is 1.03 bits per heavy atom. The summed E-state index contributed by atoms with van der Waals surface area (Å²) in [5.74, 6) is -0.268. The highest BCUT2D eigenvalue weighted by Gasteiger charge is 2.23. The number of thiophene rings is 1. The van der Waals surface area contributed by atoms with Gasteiger partial charge in [0.2, 0.25) is 0 Å². The number of carbonyl (C=O) groups is 2. The van der Waals surface area contributed by atoms with E-state index in [1.165, 1.54) is 16.0 Å². The molecular formula is C24H20N4O4S. The summed E-state index contributed by atoms with van der Waals surface area (Å²) in [6, 6.07) is 16.0. The Labute approximate surface area is 192 Å². The molecule has 0 atom stereocenters. The van der Waals surface area contributed by atoms with Crippen LogP contribution in [0.15, 0.2) is 59.4 Å². The lowest BCUT2D eigenvalue weighted by atomic mass is 10.1. The van der Waals surface area contributed by atoms with E-state index in [0.29, 0.717) is 22.3 Å². The van der Waals surface area contributed by atoms with Gasteiger partial charge in [-0.3, -0.25) is 25.2 Å². The predicted molar refractivity (Wildman–Crippen MR) is 125 cm³/mol. The molecule has 1 aliphatic rings. The summed E-state index contributed by atoms with van der Waals surface area (Å²) in [4.78, 5) is 39.8. The molecule has 2 aromatic heterocycles. The number of hydrogen-bond donors (Lipinski definition) is 2. The van der Waals surface area contributed by atoms with Gasteiger partial charge < -0.3 is 4.74 Å². The van der Waals surface area contributed by atoms with Crippen molar-refractivity contribution in [1.29, 1.82) is 0 Å². The highest BCUT2D eigenvalue weighted by atomic mass is 32.1. The topological polar surface area (TPSA) is 102 Å². The molecule has 9 heteroatoms. The number of carbonyl (C=O) groups excluding carboxylic acids is 2. The first kappa shape index (κ1) is 20.9. The molecule has 0 saturated carbocycles. The molecule has 166 valence electrons. The zero-order chi connectivity index (χ0) is 23.1. The molecule has 2 aromatic carbocycles. The summed E-state index contributed by atoms with van der Waals surface area (Å²) in [6.45, 7) is 4.01. The number of para-hydroxylation sites is 1. The third-order valence-electron chi connectivity index (χ3n) is 5.37. The lowest BCUT2D eigenvalue weighted by molar-refractivity contribution is 0.0845. The number of fused-ring (bicyclic) bond motifs is 4. The fourth-order valence-electron chi connectivity index (χ4n) is 3.77. The van der Waals surface area contributed by atoms with E-state index >= 15 is 0 Å². The van der Waals surface area contributed by atoms with Crippen molar-refractivity contribution < 1.29 is 14.3 Å². The van der Waals surface area contributed by atoms with Crippen LogP contribution in [0.3, 0.4) is 0 Å². The number of benzene rings is 2. The first-order valence-electron chi connectivity index (χ1n) is 10.4. The molecule has 3 heterocycles. The lowest BCUT2D eigenvalue weighted by Crippen LogP contribution is -2.42. The first-order chi connectivity index (χ1) is 15.9. The van der Waals surface area contributed by atoms with Crippen molar-refractivity contribution in [2.75, 3.05) is 0 Å². The van der Waals surface area contributed by atoms with Crippen molar-refractivity contribution in [1.82, 2.24) is 20.6 Å². The standard InChI is InChI=1S/C24H20N4O4S/c1-13(2)28-24(31)16-8-4-3-7-15(16)20(27-28)23(30)26-25-22(29)19-11-14-12-32-18-10-6-5-9-17(18)21(14)33-19/h3-11,13H,12H2,1-2H3,(H,25,29)(H,26,30). The van der Waals surface area contributed by atoms with E-state index in [1.807, 2.05) is 38.1 Å². The summed E-state index contributed by atoms with van der Waals surface area (Å²) in [7, 11) is 0. The van der Waals surface area contributed by atoms with Crippen LogP contribution in [0, 0.1) is 0 Å². The highest BCUT2D eigenvalue weighted by Crippen LogP contribution is 2.42. The van der Waals surface area contributed by atoms with Crippen LogP contribution in [0.1, 0.15) is 45.6 Å². The molecule has 0 bridgehead atoms. The van der Waals surface area contributed by atoms with Gasteiger partial charge in [0.05, 0.1) is 16.3 Å². The Morgan fingerprint density at radius 3 is 2.52 bits per heavy atom. The summed E-state index contributed by atoms with van der Waals surface area (Å²) < 4.78 is 7.02. The fourth-order valence-corrected chi connectivity index (χ4v) is 4.86. The van der Waals surface area contributed by atoms with Gasteiger partial charge in [0.15, 0.2) is 5.69 Å². The number of rotatable bonds is 3. The van der Waals surface area contributed by atoms with Gasteiger partial charge >= 0.3 is 0 Å². The van der Waals surface area contributed by atoms with Crippen molar-refractivity contribution in [3.63, 3.8) is 0 Å². The second-order valence-electron chi connectivity index (χ2n) is 7.90. The minimum Gasteiger partial charge on any atom is -0.488 e. The van der Waals surface area contributed by atoms with Crippen LogP contribution in [-0.4, -0.2) is 21.6 Å². The van der Waals surface area contributed by atoms with Crippen molar-refractivity contribution in [3.8, 4) is 16.2 Å². The number of aromatic nitrogens is 2. The maximum atomic E-state index is 12.9. The Morgan fingerprint density at radius 2 is 1.73 bits per heavy atom. The molecule has 33 heavy (non-hydrogen) atoms. The molecule has 8 nitrogen and oxygen atoms in total. The maximum Gasteiger partial charge on any atom is 0.290 e. The minimum atomic E-state index is -0.607. The van der Waals surface area contributed by atoms with Crippen LogP contribution in [-0.2, 0) is 6.61 Å². The molecule has 0 aliphatic carbocycles. The van der Waals surface area contributed by atoms with Gasteiger partial charge in [-0.25, -0.2) is 4.68 Å². The number of hydrogen-bond acceptors (Lipinski definition) is 6. The molecule has 0 radical (unpaired) electrons. The molecule has 0 saturated heterocycles. The van der Waals surface area contributed by atoms with Crippen LogP contribution in [0.4, 0.5) is 0 Å². The molecular weight excluding hydrogens is 440 g/mol. The predicted octanol–water partition coefficient (Wildman–Crippen LogP) is 3.67. The van der Waals surface area contributed by atoms with E-state index in [0.717, 1.165) is 21.8 Å². The number of ether oxygens (including phenoxy) is 1. The summed E-state index contributed by atoms with van der Waals surface area (Å²) in [6.07, 6.45) is 0. The molecule has 2 amide bonds. The number of nitrogens with zero attached hydrogens (tertiary/aromatic N) is 2. The Bertz CT molecular complexity index is 1470. The zero-order valence-electron chi connectivity index (χ0n) is 17.9. The summed E-state index contributed by atoms with van der Waals surface area (Å²) in [5.41, 5.74) is 6.55. The fraction of sp³-hybridized carbons (Fsp3) is 0.167. The van der Waals surface area contributed by atoms with Gasteiger partial charge in [-0.2, -0.15) is 5.10 Å². The summed E-state index contributed by atoms with van der Waals surface area (Å²) in [5, 5.41) is 5.07. The van der Waals surface area contributed by atoms with Crippen molar-refractivity contribution in [2.24, 2.45) is 0 Å². The van der Waals surface area contributed by atoms with E-state index in [1.54, 1.807) is 30.3 Å². The molecule has 2 N–H and O–H groups in total. The van der Waals surface area contributed by atoms with E-state index < -0.39 is 11.8 Å². The number of hydrazine groups is 1. The van der Waals surface area contributed by atoms with Gasteiger partial charge in [0, 0.05) is 21.4 Å².